The largest absolute Gasteiger partial charge is 0.456 e. The van der Waals surface area contributed by atoms with Crippen LogP contribution in [0.25, 0.3) is 208 Å². The Balaban J connectivity index is 0.000000188. The Labute approximate surface area is 646 Å². The van der Waals surface area contributed by atoms with E-state index in [1.807, 2.05) is 0 Å². The third-order valence-corrected chi connectivity index (χ3v) is 16.2. The van der Waals surface area contributed by atoms with Gasteiger partial charge < -0.3 is 8.83 Å². The molecule has 2 heterocycles. The summed E-state index contributed by atoms with van der Waals surface area (Å²) in [6, 6.07) is -53.9. The summed E-state index contributed by atoms with van der Waals surface area (Å²) in [5.74, 6) is 0. The molecule has 21 aromatic rings. The van der Waals surface area contributed by atoms with E-state index in [4.69, 9.17) is 55.4 Å². The molecule has 0 aliphatic heterocycles. The van der Waals surface area contributed by atoms with Gasteiger partial charge in [-0.1, -0.05) is 290 Å². The zero-order valence-electron chi connectivity index (χ0n) is 107. The lowest BCUT2D eigenvalue weighted by molar-refractivity contribution is 0.669. The van der Waals surface area contributed by atoms with E-state index in [9.17, 15) is 32.9 Å². The van der Waals surface area contributed by atoms with Crippen molar-refractivity contribution in [2.24, 2.45) is 0 Å². The van der Waals surface area contributed by atoms with Gasteiger partial charge in [0.1, 0.15) is 22.3 Å². The highest BCUT2D eigenvalue weighted by molar-refractivity contribution is 6.26. The van der Waals surface area contributed by atoms with Gasteiger partial charge in [0.25, 0.3) is 0 Å². The quantitative estimate of drug-likeness (QED) is 0.123. The zero-order valence-corrected chi connectivity index (χ0v) is 48.8. The molecule has 0 amide bonds. The van der Waals surface area contributed by atoms with Crippen LogP contribution in [-0.2, 0) is 0 Å². The van der Waals surface area contributed by atoms with Crippen LogP contribution in [0, 0.1) is 0 Å². The second kappa shape index (κ2) is 22.4. The first-order chi connectivity index (χ1) is 72.8. The number of hydrogen-bond donors (Lipinski definition) is 0. The molecule has 2 nitrogen and oxygen atoms in total. The number of rotatable bonds is 6. The summed E-state index contributed by atoms with van der Waals surface area (Å²) in [4.78, 5) is 0. The molecule has 98 heavy (non-hydrogen) atoms. The summed E-state index contributed by atoms with van der Waals surface area (Å²) in [6.45, 7) is 0. The average Bonchev–Trinajstić information content (AvgIpc) is 1.18. The molecule has 0 N–H and O–H groups in total. The van der Waals surface area contributed by atoms with E-state index in [0.717, 1.165) is 0 Å². The Morgan fingerprint density at radius 2 is 0.429 bits per heavy atom. The van der Waals surface area contributed by atoms with E-state index in [-0.39, 0.29) is 0 Å². The van der Waals surface area contributed by atoms with E-state index in [2.05, 4.69) is 0 Å². The molecule has 454 valence electrons. The number of fused-ring (bicyclic) bond motifs is 18. The van der Waals surface area contributed by atoms with Gasteiger partial charge in [0.15, 0.2) is 0 Å². The van der Waals surface area contributed by atoms with Gasteiger partial charge in [-0.3, -0.25) is 0 Å². The third-order valence-electron chi connectivity index (χ3n) is 16.2. The Kier molecular flexibility index (Phi) is 5.24. The van der Waals surface area contributed by atoms with E-state index in [0.29, 0.717) is 0 Å². The van der Waals surface area contributed by atoms with Crippen LogP contribution in [0.15, 0.2) is 359 Å². The molecule has 19 aromatic carbocycles. The minimum Gasteiger partial charge on any atom is -0.456 e. The van der Waals surface area contributed by atoms with Gasteiger partial charge in [0.2, 0.25) is 0 Å². The smallest absolute Gasteiger partial charge is 0.136 e. The lowest BCUT2D eigenvalue weighted by atomic mass is 9.85. The maximum absolute atomic E-state index is 9.95. The van der Waals surface area contributed by atoms with Crippen LogP contribution in [0.3, 0.4) is 0 Å². The van der Waals surface area contributed by atoms with Crippen LogP contribution in [-0.4, -0.2) is 0 Å². The fraction of sp³-hybridized carbons (Fsp3) is 0. The predicted molar refractivity (Wildman–Crippen MR) is 418 cm³/mol. The van der Waals surface area contributed by atoms with Crippen molar-refractivity contribution in [2.45, 2.75) is 0 Å². The van der Waals surface area contributed by atoms with E-state index in [1.54, 1.807) is 0 Å². The van der Waals surface area contributed by atoms with Gasteiger partial charge in [0, 0.05) is 21.5 Å². The molecule has 2 aromatic heterocycles. The molecular weight excluding hydrogens is 1190 g/mol. The highest BCUT2D eigenvalue weighted by atomic mass is 16.3. The molecule has 21 rings (SSSR count). The van der Waals surface area contributed by atoms with Crippen LogP contribution >= 0.6 is 0 Å². The first-order valence-electron chi connectivity index (χ1n) is 58.1. The maximum Gasteiger partial charge on any atom is 0.136 e. The highest BCUT2D eigenvalue weighted by Crippen LogP contribution is 2.49. The molecule has 0 bridgehead atoms. The van der Waals surface area contributed by atoms with Crippen LogP contribution in [0.2, 0.25) is 0 Å². The molecule has 0 aliphatic rings. The van der Waals surface area contributed by atoms with Crippen molar-refractivity contribution in [2.75, 3.05) is 0 Å². The highest BCUT2D eigenvalue weighted by Gasteiger charge is 2.22. The number of furan rings is 2. The molecule has 0 aliphatic carbocycles. The molecule has 0 unspecified atom stereocenters. The fourth-order valence-corrected chi connectivity index (χ4v) is 12.0. The van der Waals surface area contributed by atoms with Gasteiger partial charge in [-0.25, -0.2) is 0 Å². The van der Waals surface area contributed by atoms with Crippen molar-refractivity contribution in [3.63, 3.8) is 0 Å². The van der Waals surface area contributed by atoms with Crippen LogP contribution in [0.1, 0.15) is 79.5 Å². The van der Waals surface area contributed by atoms with E-state index >= 15 is 0 Å². The second-order valence-corrected chi connectivity index (χ2v) is 21.5. The fourth-order valence-electron chi connectivity index (χ4n) is 12.0. The third kappa shape index (κ3) is 8.96. The summed E-state index contributed by atoms with van der Waals surface area (Å²) in [6.07, 6.45) is 0. The SMILES string of the molecule is [2H]c1c([2H])c(-c2c([2H])c([2H])c3c([2H])c([2H])c([2H])c([2H])c3c2[2H])c([2H])c(-c2c3c([2H])c([2H])c([2H])c([2H])c3c(-c3c([2H])c([2H])c4oc5c([2H])c([2H])c6c([2H])c([2H])c([2H])c([2H])c6c5c4c3[2H])c3c([2H])c([2H])c([2H])c([2H])c23)c1[2H].[2H]c1c([2H])c(-c2c([2H])c([2H])c3c(c2[2H])c([2H])c([2H])c2c([2H])c([2H])c([2H])c([2H])c23)c([2H])c(-c2c3c([2H])c([2H])c([2H])c([2H])c3c(-c3c([2H])c([2H])c4oc5c([2H])c([2H])c6c([2H])c([2H])c([2H])c([2H])c6c5c4c3[2H])c3c([2H])c([2H])c([2H])c([2H])c23)c1[2H]. The van der Waals surface area contributed by atoms with Crippen molar-refractivity contribution in [1.82, 2.24) is 0 Å². The van der Waals surface area contributed by atoms with Crippen LogP contribution in [0.5, 0.6) is 0 Å². The molecule has 0 fully saturated rings. The molecule has 0 atom stereocenters. The average molecular weight is 1300 g/mol. The lowest BCUT2D eigenvalue weighted by Crippen LogP contribution is -1.91. The summed E-state index contributed by atoms with van der Waals surface area (Å²) >= 11 is 0. The van der Waals surface area contributed by atoms with Crippen molar-refractivity contribution in [3.8, 4) is 66.8 Å². The van der Waals surface area contributed by atoms with Crippen molar-refractivity contribution in [1.29, 1.82) is 0 Å². The zero-order chi connectivity index (χ0) is 115. The molecule has 0 saturated heterocycles. The summed E-state index contributed by atoms with van der Waals surface area (Å²) in [5, 5.41) is -13.5. The minimum atomic E-state index is -1.13. The van der Waals surface area contributed by atoms with Gasteiger partial charge in [-0.15, -0.1) is 0 Å². The Morgan fingerprint density at radius 3 is 0.878 bits per heavy atom. The Morgan fingerprint density at radius 1 is 0.153 bits per heavy atom. The van der Waals surface area contributed by atoms with Crippen molar-refractivity contribution in [3.05, 3.63) is 350 Å². The van der Waals surface area contributed by atoms with Gasteiger partial charge in [-0.2, -0.15) is 0 Å². The molecular formula is C96H58O2. The molecule has 2 heteroatoms. The predicted octanol–water partition coefficient (Wildman–Crippen LogP) is 27.6. The molecule has 0 radical (unpaired) electrons. The van der Waals surface area contributed by atoms with E-state index < -0.39 is 558 Å². The topological polar surface area (TPSA) is 26.3 Å². The van der Waals surface area contributed by atoms with E-state index in [1.165, 1.54) is 0 Å². The first-order valence-corrected chi connectivity index (χ1v) is 29.1. The van der Waals surface area contributed by atoms with Crippen LogP contribution in [0.4, 0.5) is 0 Å². The minimum absolute atomic E-state index is 0.409. The number of hydrogen-bond acceptors (Lipinski definition) is 2. The van der Waals surface area contributed by atoms with Crippen LogP contribution < -0.4 is 0 Å². The molecule has 0 spiro atoms. The first kappa shape index (κ1) is 22.9. The van der Waals surface area contributed by atoms with Crippen molar-refractivity contribution >= 4 is 141 Å². The normalized spacial score (nSPS) is 20.2. The standard InChI is InChI=1S/C50H30O.C46H28O/c1-3-14-38-31(10-1)20-21-35-28-34(22-25-39(35)38)33-12-9-13-36(29-33)48-41-16-5-7-18-43(41)49(44-19-8-6-17-42(44)48)37-24-26-46-45(30-37)50-40-15-4-2-11-32(40)23-27-47(50)51-46;1-2-12-31-26-33(21-20-29(31)10-1)32-13-9-14-34(27-32)44-37-16-5-7-18-39(37)45(40-19-8-6-17-38(40)44)35-23-24-42-41(28-35)46-36-15-4-3-11-30(36)22-25-43(46)47-42/h1-30H;1-28H/i1D,2D,3D,4D,5D,6D,7D,8D,9D,10D,11D,12D,13D,14D,15D,16D,17D,18D,19D,20D,21D,22D,23D,24D,25D,26D,27D,28D,29D,30D;1D,2D,3D,4D,5D,6D,7D,8D,9D,10D,11D,12D,13D,14D,15D,16D,17D,18D,19D,20D,21D,22D,23D,24D,25D,26D,27D,28D. The second-order valence-electron chi connectivity index (χ2n) is 21.5. The summed E-state index contributed by atoms with van der Waals surface area (Å²) in [5.41, 5.74) is -12.4. The van der Waals surface area contributed by atoms with Gasteiger partial charge in [0.05, 0.1) is 79.5 Å². The monoisotopic (exact) mass is 1300 g/mol. The summed E-state index contributed by atoms with van der Waals surface area (Å²) in [7, 11) is 0. The lowest BCUT2D eigenvalue weighted by Gasteiger charge is -2.18. The molecule has 0 saturated carbocycles. The van der Waals surface area contributed by atoms with Gasteiger partial charge >= 0.3 is 0 Å². The Bertz CT molecular complexity index is 10400. The van der Waals surface area contributed by atoms with Crippen molar-refractivity contribution < 1.29 is 88.3 Å². The van der Waals surface area contributed by atoms with Gasteiger partial charge in [-0.05, 0) is 224 Å². The number of benzene rings is 19. The Hall–Kier alpha value is -12.9. The maximum atomic E-state index is 9.95. The summed E-state index contributed by atoms with van der Waals surface area (Å²) < 4.78 is 537.